The molecule has 0 unspecified atom stereocenters. The van der Waals surface area contributed by atoms with Crippen LogP contribution < -0.4 is 5.32 Å². The molecule has 94 valence electrons. The van der Waals surface area contributed by atoms with E-state index in [0.29, 0.717) is 11.3 Å². The number of amides is 1. The number of phenols is 1. The Hall–Kier alpha value is -2.40. The molecule has 1 heterocycles. The highest BCUT2D eigenvalue weighted by Crippen LogP contribution is 2.23. The van der Waals surface area contributed by atoms with Crippen LogP contribution in [0.3, 0.4) is 0 Å². The van der Waals surface area contributed by atoms with Gasteiger partial charge in [0.15, 0.2) is 0 Å². The van der Waals surface area contributed by atoms with Crippen LogP contribution in [0.2, 0.25) is 0 Å². The molecule has 2 N–H and O–H groups in total. The maximum absolute atomic E-state index is 12.1. The van der Waals surface area contributed by atoms with E-state index in [2.05, 4.69) is 10.3 Å². The van der Waals surface area contributed by atoms with Crippen molar-refractivity contribution in [3.05, 3.63) is 53.5 Å². The summed E-state index contributed by atoms with van der Waals surface area (Å²) >= 11 is 1.49. The zero-order valence-electron chi connectivity index (χ0n) is 9.83. The second kappa shape index (κ2) is 4.70. The van der Waals surface area contributed by atoms with Gasteiger partial charge in [0.05, 0.1) is 21.4 Å². The van der Waals surface area contributed by atoms with Crippen LogP contribution in [0.4, 0.5) is 5.69 Å². The number of benzene rings is 2. The summed E-state index contributed by atoms with van der Waals surface area (Å²) in [7, 11) is 0. The zero-order chi connectivity index (χ0) is 13.2. The Balaban J connectivity index is 1.89. The molecule has 1 amide bonds. The summed E-state index contributed by atoms with van der Waals surface area (Å²) in [5.41, 5.74) is 3.57. The van der Waals surface area contributed by atoms with Crippen molar-refractivity contribution in [1.29, 1.82) is 0 Å². The third-order valence-corrected chi connectivity index (χ3v) is 3.54. The lowest BCUT2D eigenvalue weighted by atomic mass is 10.2. The first kappa shape index (κ1) is 11.7. The van der Waals surface area contributed by atoms with Gasteiger partial charge in [-0.3, -0.25) is 4.79 Å². The second-order valence-corrected chi connectivity index (χ2v) is 4.89. The van der Waals surface area contributed by atoms with Gasteiger partial charge in [-0.1, -0.05) is 12.1 Å². The lowest BCUT2D eigenvalue weighted by molar-refractivity contribution is 0.102. The normalized spacial score (nSPS) is 10.5. The molecule has 4 nitrogen and oxygen atoms in total. The number of rotatable bonds is 2. The van der Waals surface area contributed by atoms with Crippen molar-refractivity contribution >= 4 is 33.1 Å². The molecule has 0 radical (unpaired) electrons. The van der Waals surface area contributed by atoms with Crippen LogP contribution in [-0.4, -0.2) is 16.0 Å². The maximum Gasteiger partial charge on any atom is 0.255 e. The Kier molecular flexibility index (Phi) is 2.89. The molecule has 2 aromatic carbocycles. The number of hydrogen-bond acceptors (Lipinski definition) is 4. The number of aromatic hydroxyl groups is 1. The topological polar surface area (TPSA) is 62.2 Å². The SMILES string of the molecule is O=C(Nc1ccccc1O)c1ccc2ncsc2c1. The van der Waals surface area contributed by atoms with E-state index in [0.717, 1.165) is 10.2 Å². The number of carbonyl (C=O) groups excluding carboxylic acids is 1. The van der Waals surface area contributed by atoms with Crippen LogP contribution in [0.15, 0.2) is 48.0 Å². The number of thiazole rings is 1. The summed E-state index contributed by atoms with van der Waals surface area (Å²) in [6.07, 6.45) is 0. The van der Waals surface area contributed by atoms with Crippen LogP contribution in [0, 0.1) is 0 Å². The second-order valence-electron chi connectivity index (χ2n) is 4.01. The standard InChI is InChI=1S/C14H10N2O2S/c17-12-4-2-1-3-10(12)16-14(18)9-5-6-11-13(7-9)19-8-15-11/h1-8,17H,(H,16,18). The minimum atomic E-state index is -0.253. The lowest BCUT2D eigenvalue weighted by Gasteiger charge is -2.06. The smallest absolute Gasteiger partial charge is 0.255 e. The Labute approximate surface area is 113 Å². The number of para-hydroxylation sites is 2. The van der Waals surface area contributed by atoms with Crippen LogP contribution in [0.5, 0.6) is 5.75 Å². The highest BCUT2D eigenvalue weighted by atomic mass is 32.1. The van der Waals surface area contributed by atoms with Crippen molar-refractivity contribution in [2.75, 3.05) is 5.32 Å². The highest BCUT2D eigenvalue weighted by molar-refractivity contribution is 7.16. The third-order valence-electron chi connectivity index (χ3n) is 2.75. The zero-order valence-corrected chi connectivity index (χ0v) is 10.6. The number of aromatic nitrogens is 1. The number of fused-ring (bicyclic) bond motifs is 1. The predicted octanol–water partition coefficient (Wildman–Crippen LogP) is 3.25. The number of nitrogens with one attached hydrogen (secondary N) is 1. The number of hydrogen-bond donors (Lipinski definition) is 2. The Morgan fingerprint density at radius 3 is 2.89 bits per heavy atom. The van der Waals surface area contributed by atoms with E-state index in [1.807, 2.05) is 6.07 Å². The first-order valence-electron chi connectivity index (χ1n) is 5.66. The molecule has 0 atom stereocenters. The fourth-order valence-electron chi connectivity index (χ4n) is 1.77. The van der Waals surface area contributed by atoms with Crippen molar-refractivity contribution in [2.24, 2.45) is 0 Å². The van der Waals surface area contributed by atoms with Gasteiger partial charge in [0.2, 0.25) is 0 Å². The van der Waals surface area contributed by atoms with Crippen LogP contribution >= 0.6 is 11.3 Å². The summed E-state index contributed by atoms with van der Waals surface area (Å²) < 4.78 is 0.963. The van der Waals surface area contributed by atoms with E-state index in [1.165, 1.54) is 17.4 Å². The van der Waals surface area contributed by atoms with Gasteiger partial charge in [-0.05, 0) is 30.3 Å². The summed E-state index contributed by atoms with van der Waals surface area (Å²) in [4.78, 5) is 16.3. The van der Waals surface area contributed by atoms with Crippen molar-refractivity contribution in [1.82, 2.24) is 4.98 Å². The molecule has 19 heavy (non-hydrogen) atoms. The molecule has 1 aromatic heterocycles. The quantitative estimate of drug-likeness (QED) is 0.703. The molecule has 0 saturated carbocycles. The van der Waals surface area contributed by atoms with Gasteiger partial charge in [-0.15, -0.1) is 11.3 Å². The lowest BCUT2D eigenvalue weighted by Crippen LogP contribution is -2.11. The molecule has 5 heteroatoms. The van der Waals surface area contributed by atoms with E-state index < -0.39 is 0 Å². The molecule has 0 aliphatic heterocycles. The van der Waals surface area contributed by atoms with E-state index in [1.54, 1.807) is 35.8 Å². The Bertz CT molecular complexity index is 752. The predicted molar refractivity (Wildman–Crippen MR) is 75.7 cm³/mol. The Morgan fingerprint density at radius 1 is 1.21 bits per heavy atom. The molecular weight excluding hydrogens is 260 g/mol. The molecule has 0 aliphatic rings. The molecule has 0 spiro atoms. The van der Waals surface area contributed by atoms with E-state index in [4.69, 9.17) is 0 Å². The number of anilines is 1. The van der Waals surface area contributed by atoms with Crippen LogP contribution in [-0.2, 0) is 0 Å². The van der Waals surface area contributed by atoms with Gasteiger partial charge in [-0.25, -0.2) is 4.98 Å². The molecule has 0 aliphatic carbocycles. The van der Waals surface area contributed by atoms with Gasteiger partial charge in [-0.2, -0.15) is 0 Å². The summed E-state index contributed by atoms with van der Waals surface area (Å²) in [5.74, 6) is -0.202. The number of nitrogens with zero attached hydrogens (tertiary/aromatic N) is 1. The molecule has 3 aromatic rings. The van der Waals surface area contributed by atoms with Gasteiger partial charge < -0.3 is 10.4 Å². The van der Waals surface area contributed by atoms with Crippen LogP contribution in [0.25, 0.3) is 10.2 Å². The van der Waals surface area contributed by atoms with Gasteiger partial charge in [0.25, 0.3) is 5.91 Å². The average molecular weight is 270 g/mol. The summed E-state index contributed by atoms with van der Waals surface area (Å²) in [6, 6.07) is 12.0. The fourth-order valence-corrected chi connectivity index (χ4v) is 2.49. The minimum Gasteiger partial charge on any atom is -0.506 e. The summed E-state index contributed by atoms with van der Waals surface area (Å²) in [5, 5.41) is 12.3. The molecular formula is C14H10N2O2S. The van der Waals surface area contributed by atoms with Crippen molar-refractivity contribution in [3.63, 3.8) is 0 Å². The molecule has 0 fully saturated rings. The maximum atomic E-state index is 12.1. The first-order valence-corrected chi connectivity index (χ1v) is 6.54. The molecule has 0 bridgehead atoms. The van der Waals surface area contributed by atoms with Gasteiger partial charge >= 0.3 is 0 Å². The van der Waals surface area contributed by atoms with Crippen LogP contribution in [0.1, 0.15) is 10.4 Å². The Morgan fingerprint density at radius 2 is 2.05 bits per heavy atom. The molecule has 3 rings (SSSR count). The number of phenolic OH excluding ortho intramolecular Hbond substituents is 1. The number of carbonyl (C=O) groups is 1. The van der Waals surface area contributed by atoms with Crippen molar-refractivity contribution in [3.8, 4) is 5.75 Å². The highest BCUT2D eigenvalue weighted by Gasteiger charge is 2.09. The average Bonchev–Trinajstić information content (AvgIpc) is 2.88. The monoisotopic (exact) mass is 270 g/mol. The van der Waals surface area contributed by atoms with Crippen molar-refractivity contribution in [2.45, 2.75) is 0 Å². The van der Waals surface area contributed by atoms with Gasteiger partial charge in [0, 0.05) is 5.56 Å². The van der Waals surface area contributed by atoms with E-state index in [9.17, 15) is 9.90 Å². The van der Waals surface area contributed by atoms with Gasteiger partial charge in [0.1, 0.15) is 5.75 Å². The minimum absolute atomic E-state index is 0.0507. The van der Waals surface area contributed by atoms with E-state index >= 15 is 0 Å². The third kappa shape index (κ3) is 2.28. The summed E-state index contributed by atoms with van der Waals surface area (Å²) in [6.45, 7) is 0. The largest absolute Gasteiger partial charge is 0.506 e. The molecule has 0 saturated heterocycles. The first-order chi connectivity index (χ1) is 9.24. The van der Waals surface area contributed by atoms with Crippen molar-refractivity contribution < 1.29 is 9.90 Å². The fraction of sp³-hybridized carbons (Fsp3) is 0. The van der Waals surface area contributed by atoms with E-state index in [-0.39, 0.29) is 11.7 Å².